The second-order valence-corrected chi connectivity index (χ2v) is 5.65. The van der Waals surface area contributed by atoms with Gasteiger partial charge in [-0.15, -0.1) is 0 Å². The Bertz CT molecular complexity index is 529. The molecule has 0 saturated carbocycles. The zero-order valence-corrected chi connectivity index (χ0v) is 11.9. The standard InChI is InChI=1S/C15H17FN2S/c1-11(2)18-10-13-14(16)4-3-5-15(13)19-12-6-8-17-9-7-12/h3-9,11,18H,10H2,1-2H3. The van der Waals surface area contributed by atoms with Crippen molar-refractivity contribution in [3.63, 3.8) is 0 Å². The maximum absolute atomic E-state index is 13.9. The van der Waals surface area contributed by atoms with Gasteiger partial charge < -0.3 is 5.32 Å². The molecule has 0 bridgehead atoms. The summed E-state index contributed by atoms with van der Waals surface area (Å²) in [5, 5.41) is 3.26. The summed E-state index contributed by atoms with van der Waals surface area (Å²) < 4.78 is 13.9. The molecule has 0 aliphatic carbocycles. The molecule has 19 heavy (non-hydrogen) atoms. The van der Waals surface area contributed by atoms with Gasteiger partial charge in [-0.05, 0) is 24.3 Å². The van der Waals surface area contributed by atoms with Crippen molar-refractivity contribution in [3.05, 3.63) is 54.1 Å². The van der Waals surface area contributed by atoms with Crippen LogP contribution in [0.15, 0.2) is 52.5 Å². The van der Waals surface area contributed by atoms with Gasteiger partial charge in [-0.2, -0.15) is 0 Å². The van der Waals surface area contributed by atoms with E-state index in [2.05, 4.69) is 24.1 Å². The molecule has 100 valence electrons. The normalized spacial score (nSPS) is 10.9. The molecule has 2 nitrogen and oxygen atoms in total. The summed E-state index contributed by atoms with van der Waals surface area (Å²) in [6.07, 6.45) is 3.49. The van der Waals surface area contributed by atoms with E-state index in [1.165, 1.54) is 6.07 Å². The Labute approximate surface area is 117 Å². The van der Waals surface area contributed by atoms with Crippen LogP contribution < -0.4 is 5.32 Å². The Balaban J connectivity index is 2.22. The third kappa shape index (κ3) is 4.04. The minimum atomic E-state index is -0.160. The number of benzene rings is 1. The van der Waals surface area contributed by atoms with Crippen LogP contribution in [0, 0.1) is 5.82 Å². The highest BCUT2D eigenvalue weighted by atomic mass is 32.2. The average molecular weight is 276 g/mol. The van der Waals surface area contributed by atoms with Gasteiger partial charge in [-0.25, -0.2) is 4.39 Å². The number of hydrogen-bond donors (Lipinski definition) is 1. The van der Waals surface area contributed by atoms with Crippen LogP contribution in [-0.4, -0.2) is 11.0 Å². The highest BCUT2D eigenvalue weighted by Crippen LogP contribution is 2.31. The molecule has 2 aromatic rings. The van der Waals surface area contributed by atoms with Crippen LogP contribution in [0.25, 0.3) is 0 Å². The lowest BCUT2D eigenvalue weighted by molar-refractivity contribution is 0.546. The number of pyridine rings is 1. The smallest absolute Gasteiger partial charge is 0.128 e. The quantitative estimate of drug-likeness (QED) is 0.897. The van der Waals surface area contributed by atoms with Crippen LogP contribution in [0.4, 0.5) is 4.39 Å². The van der Waals surface area contributed by atoms with Crippen LogP contribution in [0.5, 0.6) is 0 Å². The molecule has 0 saturated heterocycles. The van der Waals surface area contributed by atoms with E-state index < -0.39 is 0 Å². The minimum absolute atomic E-state index is 0.160. The molecule has 0 amide bonds. The first kappa shape index (κ1) is 14.0. The van der Waals surface area contributed by atoms with Crippen molar-refractivity contribution in [1.82, 2.24) is 10.3 Å². The summed E-state index contributed by atoms with van der Waals surface area (Å²) in [5.74, 6) is -0.160. The minimum Gasteiger partial charge on any atom is -0.310 e. The van der Waals surface area contributed by atoms with Crippen LogP contribution in [-0.2, 0) is 6.54 Å². The highest BCUT2D eigenvalue weighted by molar-refractivity contribution is 7.99. The zero-order valence-electron chi connectivity index (χ0n) is 11.1. The van der Waals surface area contributed by atoms with E-state index in [9.17, 15) is 4.39 Å². The average Bonchev–Trinajstić information content (AvgIpc) is 2.39. The topological polar surface area (TPSA) is 24.9 Å². The van der Waals surface area contributed by atoms with Crippen molar-refractivity contribution in [1.29, 1.82) is 0 Å². The van der Waals surface area contributed by atoms with E-state index >= 15 is 0 Å². The summed E-state index contributed by atoms with van der Waals surface area (Å²) in [5.41, 5.74) is 0.720. The van der Waals surface area contributed by atoms with Crippen molar-refractivity contribution in [3.8, 4) is 0 Å². The van der Waals surface area contributed by atoms with Crippen molar-refractivity contribution in [2.45, 2.75) is 36.2 Å². The molecule has 4 heteroatoms. The van der Waals surface area contributed by atoms with Crippen molar-refractivity contribution in [2.24, 2.45) is 0 Å². The largest absolute Gasteiger partial charge is 0.310 e. The van der Waals surface area contributed by atoms with Gasteiger partial charge in [0.05, 0.1) is 0 Å². The third-order valence-electron chi connectivity index (χ3n) is 2.64. The predicted octanol–water partition coefficient (Wildman–Crippen LogP) is 3.87. The van der Waals surface area contributed by atoms with E-state index in [4.69, 9.17) is 0 Å². The molecule has 0 atom stereocenters. The van der Waals surface area contributed by atoms with Crippen LogP contribution in [0.3, 0.4) is 0 Å². The molecular weight excluding hydrogens is 259 g/mol. The molecule has 1 N–H and O–H groups in total. The predicted molar refractivity (Wildman–Crippen MR) is 76.7 cm³/mol. The lowest BCUT2D eigenvalue weighted by Gasteiger charge is -2.13. The Hall–Kier alpha value is -1.39. The first-order valence-electron chi connectivity index (χ1n) is 6.25. The molecule has 0 aliphatic heterocycles. The molecule has 0 fully saturated rings. The lowest BCUT2D eigenvalue weighted by atomic mass is 10.2. The van der Waals surface area contributed by atoms with Gasteiger partial charge in [0.15, 0.2) is 0 Å². The summed E-state index contributed by atoms with van der Waals surface area (Å²) in [6, 6.07) is 9.39. The van der Waals surface area contributed by atoms with Gasteiger partial charge in [0.2, 0.25) is 0 Å². The maximum atomic E-state index is 13.9. The van der Waals surface area contributed by atoms with Crippen molar-refractivity contribution >= 4 is 11.8 Å². The van der Waals surface area contributed by atoms with E-state index in [-0.39, 0.29) is 5.82 Å². The number of rotatable bonds is 5. The Morgan fingerprint density at radius 3 is 2.63 bits per heavy atom. The molecule has 2 rings (SSSR count). The van der Waals surface area contributed by atoms with Crippen LogP contribution in [0.2, 0.25) is 0 Å². The third-order valence-corrected chi connectivity index (χ3v) is 3.75. The second-order valence-electron chi connectivity index (χ2n) is 4.54. The number of aromatic nitrogens is 1. The maximum Gasteiger partial charge on any atom is 0.128 e. The summed E-state index contributed by atoms with van der Waals surface area (Å²) in [4.78, 5) is 5.99. The van der Waals surface area contributed by atoms with E-state index in [1.807, 2.05) is 18.2 Å². The van der Waals surface area contributed by atoms with Crippen molar-refractivity contribution < 1.29 is 4.39 Å². The van der Waals surface area contributed by atoms with Crippen molar-refractivity contribution in [2.75, 3.05) is 0 Å². The Morgan fingerprint density at radius 1 is 1.21 bits per heavy atom. The van der Waals surface area contributed by atoms with Gasteiger partial charge in [-0.3, -0.25) is 4.98 Å². The Kier molecular flexibility index (Phi) is 4.93. The van der Waals surface area contributed by atoms with E-state index in [0.29, 0.717) is 12.6 Å². The number of halogens is 1. The SMILES string of the molecule is CC(C)NCc1c(F)cccc1Sc1ccncc1. The van der Waals surface area contributed by atoms with Crippen LogP contribution >= 0.6 is 11.8 Å². The van der Waals surface area contributed by atoms with Crippen LogP contribution in [0.1, 0.15) is 19.4 Å². The van der Waals surface area contributed by atoms with E-state index in [1.54, 1.807) is 30.2 Å². The highest BCUT2D eigenvalue weighted by Gasteiger charge is 2.10. The second kappa shape index (κ2) is 6.68. The molecule has 0 radical (unpaired) electrons. The molecule has 1 aromatic heterocycles. The molecular formula is C15H17FN2S. The molecule has 1 heterocycles. The molecule has 1 aromatic carbocycles. The number of hydrogen-bond acceptors (Lipinski definition) is 3. The molecule has 0 unspecified atom stereocenters. The van der Waals surface area contributed by atoms with Gasteiger partial charge in [-0.1, -0.05) is 31.7 Å². The fraction of sp³-hybridized carbons (Fsp3) is 0.267. The van der Waals surface area contributed by atoms with Gasteiger partial charge in [0.1, 0.15) is 5.82 Å². The van der Waals surface area contributed by atoms with Gasteiger partial charge in [0.25, 0.3) is 0 Å². The monoisotopic (exact) mass is 276 g/mol. The first-order chi connectivity index (χ1) is 9.16. The number of nitrogens with one attached hydrogen (secondary N) is 1. The summed E-state index contributed by atoms with van der Waals surface area (Å²) in [7, 11) is 0. The van der Waals surface area contributed by atoms with E-state index in [0.717, 1.165) is 15.4 Å². The zero-order chi connectivity index (χ0) is 13.7. The summed E-state index contributed by atoms with van der Waals surface area (Å²) in [6.45, 7) is 4.64. The lowest BCUT2D eigenvalue weighted by Crippen LogP contribution is -2.22. The fourth-order valence-electron chi connectivity index (χ4n) is 1.65. The summed E-state index contributed by atoms with van der Waals surface area (Å²) >= 11 is 1.56. The van der Waals surface area contributed by atoms with Gasteiger partial charge in [0, 0.05) is 40.3 Å². The first-order valence-corrected chi connectivity index (χ1v) is 7.07. The Morgan fingerprint density at radius 2 is 1.95 bits per heavy atom. The molecule has 0 aliphatic rings. The number of nitrogens with zero attached hydrogens (tertiary/aromatic N) is 1. The van der Waals surface area contributed by atoms with Gasteiger partial charge >= 0.3 is 0 Å². The fourth-order valence-corrected chi connectivity index (χ4v) is 2.60. The molecule has 0 spiro atoms.